The van der Waals surface area contributed by atoms with Crippen LogP contribution < -0.4 is 20.2 Å². The molecule has 0 saturated heterocycles. The normalized spacial score (nSPS) is 10.4. The summed E-state index contributed by atoms with van der Waals surface area (Å²) in [6, 6.07) is 10.1. The van der Waals surface area contributed by atoms with Gasteiger partial charge >= 0.3 is 11.8 Å². The molecule has 0 aliphatic heterocycles. The molecule has 0 saturated carbocycles. The first-order valence-corrected chi connectivity index (χ1v) is 7.15. The Morgan fingerprint density at radius 2 is 1.68 bits per heavy atom. The Balaban J connectivity index is 1.93. The third-order valence-corrected chi connectivity index (χ3v) is 3.10. The van der Waals surface area contributed by atoms with Crippen molar-refractivity contribution in [1.29, 1.82) is 0 Å². The summed E-state index contributed by atoms with van der Waals surface area (Å²) in [5.74, 6) is -1.26. The van der Waals surface area contributed by atoms with E-state index in [2.05, 4.69) is 15.8 Å². The SMILES string of the molecule is COc1ccc(/C=N\NC(=O)C(=O)Nc2ccc(F)cc2)cc1OC. The second-order valence-corrected chi connectivity index (χ2v) is 4.77. The number of benzene rings is 2. The standard InChI is InChI=1S/C17H16FN3O4/c1-24-14-8-3-11(9-15(14)25-2)10-19-21-17(23)16(22)20-13-6-4-12(18)5-7-13/h3-10H,1-2H3,(H,20,22)(H,21,23)/b19-10-. The Labute approximate surface area is 143 Å². The number of carbonyl (C=O) groups excluding carboxylic acids is 2. The maximum Gasteiger partial charge on any atom is 0.329 e. The summed E-state index contributed by atoms with van der Waals surface area (Å²) in [5.41, 5.74) is 3.03. The Hall–Kier alpha value is -3.42. The lowest BCUT2D eigenvalue weighted by molar-refractivity contribution is -0.136. The minimum atomic E-state index is -0.957. The molecule has 2 aromatic rings. The Bertz CT molecular complexity index is 791. The number of hydrazone groups is 1. The first kappa shape index (κ1) is 17.9. The molecule has 0 aliphatic carbocycles. The van der Waals surface area contributed by atoms with Crippen molar-refractivity contribution in [1.82, 2.24) is 5.43 Å². The molecule has 0 aromatic heterocycles. The van der Waals surface area contributed by atoms with Crippen LogP contribution in [0.1, 0.15) is 5.56 Å². The van der Waals surface area contributed by atoms with E-state index >= 15 is 0 Å². The third kappa shape index (κ3) is 5.03. The average Bonchev–Trinajstić information content (AvgIpc) is 2.63. The van der Waals surface area contributed by atoms with E-state index in [0.717, 1.165) is 0 Å². The predicted octanol–water partition coefficient (Wildman–Crippen LogP) is 1.93. The number of methoxy groups -OCH3 is 2. The van der Waals surface area contributed by atoms with Crippen LogP contribution in [0.2, 0.25) is 0 Å². The van der Waals surface area contributed by atoms with Gasteiger partial charge in [0.05, 0.1) is 20.4 Å². The van der Waals surface area contributed by atoms with Gasteiger partial charge in [-0.15, -0.1) is 0 Å². The Morgan fingerprint density at radius 3 is 2.32 bits per heavy atom. The van der Waals surface area contributed by atoms with Crippen molar-refractivity contribution in [3.05, 3.63) is 53.8 Å². The van der Waals surface area contributed by atoms with Crippen molar-refractivity contribution in [3.63, 3.8) is 0 Å². The van der Waals surface area contributed by atoms with Crippen molar-refractivity contribution >= 4 is 23.7 Å². The molecule has 0 aliphatic rings. The average molecular weight is 345 g/mol. The van der Waals surface area contributed by atoms with Crippen molar-refractivity contribution in [3.8, 4) is 11.5 Å². The fraction of sp³-hybridized carbons (Fsp3) is 0.118. The highest BCUT2D eigenvalue weighted by molar-refractivity contribution is 6.39. The van der Waals surface area contributed by atoms with Gasteiger partial charge in [-0.2, -0.15) is 5.10 Å². The monoisotopic (exact) mass is 345 g/mol. The smallest absolute Gasteiger partial charge is 0.329 e. The molecule has 7 nitrogen and oxygen atoms in total. The Kier molecular flexibility index (Phi) is 6.05. The van der Waals surface area contributed by atoms with Crippen LogP contribution in [0.3, 0.4) is 0 Å². The van der Waals surface area contributed by atoms with Gasteiger partial charge in [0.2, 0.25) is 0 Å². The number of carbonyl (C=O) groups is 2. The van der Waals surface area contributed by atoms with E-state index < -0.39 is 17.6 Å². The van der Waals surface area contributed by atoms with E-state index in [1.54, 1.807) is 18.2 Å². The second kappa shape index (κ2) is 8.44. The highest BCUT2D eigenvalue weighted by Crippen LogP contribution is 2.26. The largest absolute Gasteiger partial charge is 0.493 e. The number of rotatable bonds is 5. The summed E-state index contributed by atoms with van der Waals surface area (Å²) in [4.78, 5) is 23.4. The van der Waals surface area contributed by atoms with E-state index in [9.17, 15) is 14.0 Å². The molecule has 2 rings (SSSR count). The number of anilines is 1. The topological polar surface area (TPSA) is 89.0 Å². The molecule has 0 unspecified atom stereocenters. The van der Waals surface area contributed by atoms with Crippen LogP contribution >= 0.6 is 0 Å². The number of amides is 2. The number of hydrogen-bond donors (Lipinski definition) is 2. The van der Waals surface area contributed by atoms with E-state index in [4.69, 9.17) is 9.47 Å². The Morgan fingerprint density at radius 1 is 1.00 bits per heavy atom. The summed E-state index contributed by atoms with van der Waals surface area (Å²) in [7, 11) is 3.02. The van der Waals surface area contributed by atoms with E-state index in [0.29, 0.717) is 22.7 Å². The van der Waals surface area contributed by atoms with Gasteiger partial charge in [-0.3, -0.25) is 9.59 Å². The maximum absolute atomic E-state index is 12.8. The molecule has 2 aromatic carbocycles. The number of halogens is 1. The van der Waals surface area contributed by atoms with Crippen LogP contribution in [0.5, 0.6) is 11.5 Å². The molecular formula is C17H16FN3O4. The van der Waals surface area contributed by atoms with Crippen LogP contribution in [-0.4, -0.2) is 32.2 Å². The number of hydrogen-bond acceptors (Lipinski definition) is 5. The van der Waals surface area contributed by atoms with E-state index in [-0.39, 0.29) is 0 Å². The lowest BCUT2D eigenvalue weighted by atomic mass is 10.2. The van der Waals surface area contributed by atoms with Crippen LogP contribution in [0, 0.1) is 5.82 Å². The van der Waals surface area contributed by atoms with Gasteiger partial charge in [-0.25, -0.2) is 9.82 Å². The van der Waals surface area contributed by atoms with E-state index in [1.165, 1.54) is 44.7 Å². The fourth-order valence-electron chi connectivity index (χ4n) is 1.87. The molecular weight excluding hydrogens is 329 g/mol. The zero-order valence-corrected chi connectivity index (χ0v) is 13.6. The molecule has 0 fully saturated rings. The van der Waals surface area contributed by atoms with Crippen molar-refractivity contribution < 1.29 is 23.5 Å². The molecule has 8 heteroatoms. The van der Waals surface area contributed by atoms with Crippen LogP contribution in [-0.2, 0) is 9.59 Å². The summed E-state index contributed by atoms with van der Waals surface area (Å²) in [6.07, 6.45) is 1.35. The molecule has 0 heterocycles. The number of nitrogens with zero attached hydrogens (tertiary/aromatic N) is 1. The molecule has 130 valence electrons. The van der Waals surface area contributed by atoms with Gasteiger partial charge in [-0.05, 0) is 48.0 Å². The molecule has 0 bridgehead atoms. The van der Waals surface area contributed by atoms with Crippen LogP contribution in [0.25, 0.3) is 0 Å². The lowest BCUT2D eigenvalue weighted by Gasteiger charge is -2.07. The molecule has 2 amide bonds. The van der Waals surface area contributed by atoms with Crippen molar-refractivity contribution in [2.24, 2.45) is 5.10 Å². The zero-order valence-electron chi connectivity index (χ0n) is 13.6. The highest BCUT2D eigenvalue weighted by Gasteiger charge is 2.12. The van der Waals surface area contributed by atoms with Gasteiger partial charge < -0.3 is 14.8 Å². The first-order chi connectivity index (χ1) is 12.0. The minimum Gasteiger partial charge on any atom is -0.493 e. The zero-order chi connectivity index (χ0) is 18.2. The minimum absolute atomic E-state index is 0.297. The molecule has 25 heavy (non-hydrogen) atoms. The van der Waals surface area contributed by atoms with Crippen molar-refractivity contribution in [2.45, 2.75) is 0 Å². The second-order valence-electron chi connectivity index (χ2n) is 4.77. The maximum atomic E-state index is 12.8. The first-order valence-electron chi connectivity index (χ1n) is 7.15. The summed E-state index contributed by atoms with van der Waals surface area (Å²) < 4.78 is 23.1. The number of ether oxygens (including phenoxy) is 2. The van der Waals surface area contributed by atoms with Crippen molar-refractivity contribution in [2.75, 3.05) is 19.5 Å². The molecule has 0 radical (unpaired) electrons. The van der Waals surface area contributed by atoms with Gasteiger partial charge in [-0.1, -0.05) is 0 Å². The van der Waals surface area contributed by atoms with Crippen LogP contribution in [0.4, 0.5) is 10.1 Å². The molecule has 0 atom stereocenters. The number of nitrogens with one attached hydrogen (secondary N) is 2. The summed E-state index contributed by atoms with van der Waals surface area (Å²) in [5, 5.41) is 6.03. The fourth-order valence-corrected chi connectivity index (χ4v) is 1.87. The highest BCUT2D eigenvalue weighted by atomic mass is 19.1. The predicted molar refractivity (Wildman–Crippen MR) is 90.3 cm³/mol. The molecule has 2 N–H and O–H groups in total. The lowest BCUT2D eigenvalue weighted by Crippen LogP contribution is -2.32. The van der Waals surface area contributed by atoms with Gasteiger partial charge in [0.1, 0.15) is 5.82 Å². The summed E-state index contributed by atoms with van der Waals surface area (Å²) >= 11 is 0. The van der Waals surface area contributed by atoms with Gasteiger partial charge in [0, 0.05) is 5.69 Å². The van der Waals surface area contributed by atoms with Gasteiger partial charge in [0.25, 0.3) is 0 Å². The van der Waals surface area contributed by atoms with Gasteiger partial charge in [0.15, 0.2) is 11.5 Å². The third-order valence-electron chi connectivity index (χ3n) is 3.10. The summed E-state index contributed by atoms with van der Waals surface area (Å²) in [6.45, 7) is 0. The van der Waals surface area contributed by atoms with E-state index in [1.807, 2.05) is 0 Å². The quantitative estimate of drug-likeness (QED) is 0.492. The van der Waals surface area contributed by atoms with Crippen LogP contribution in [0.15, 0.2) is 47.6 Å². The molecule has 0 spiro atoms.